The van der Waals surface area contributed by atoms with Gasteiger partial charge in [0.2, 0.25) is 11.8 Å². The lowest BCUT2D eigenvalue weighted by Gasteiger charge is -2.28. The number of methoxy groups -OCH3 is 3. The first-order chi connectivity index (χ1) is 14.4. The fourth-order valence-electron chi connectivity index (χ4n) is 3.15. The summed E-state index contributed by atoms with van der Waals surface area (Å²) in [5.41, 5.74) is 1.88. The van der Waals surface area contributed by atoms with Crippen LogP contribution in [0, 0.1) is 0 Å². The maximum Gasteiger partial charge on any atom is 0.242 e. The lowest BCUT2D eigenvalue weighted by atomic mass is 10.1. The topological polar surface area (TPSA) is 77.1 Å². The Bertz CT molecular complexity index is 851. The van der Waals surface area contributed by atoms with Gasteiger partial charge in [0.25, 0.3) is 0 Å². The van der Waals surface area contributed by atoms with E-state index < -0.39 is 6.04 Å². The molecule has 0 heterocycles. The molecule has 162 valence electrons. The Morgan fingerprint density at radius 3 is 2.13 bits per heavy atom. The van der Waals surface area contributed by atoms with E-state index in [1.807, 2.05) is 42.5 Å². The molecule has 0 aliphatic heterocycles. The molecule has 1 N–H and O–H groups in total. The zero-order chi connectivity index (χ0) is 22.1. The minimum atomic E-state index is -0.588. The summed E-state index contributed by atoms with van der Waals surface area (Å²) in [6.45, 7) is 2.07. The van der Waals surface area contributed by atoms with Crippen LogP contribution in [-0.4, -0.2) is 51.1 Å². The highest BCUT2D eigenvalue weighted by atomic mass is 16.5. The van der Waals surface area contributed by atoms with Gasteiger partial charge in [-0.15, -0.1) is 0 Å². The van der Waals surface area contributed by atoms with Crippen molar-refractivity contribution in [3.63, 3.8) is 0 Å². The summed E-state index contributed by atoms with van der Waals surface area (Å²) in [5.74, 6) is 1.70. The number of amides is 2. The summed E-state index contributed by atoms with van der Waals surface area (Å²) in [5, 5.41) is 2.62. The highest BCUT2D eigenvalue weighted by Crippen LogP contribution is 2.28. The second-order valence-corrected chi connectivity index (χ2v) is 6.85. The summed E-state index contributed by atoms with van der Waals surface area (Å²) in [7, 11) is 6.33. The number of likely N-dealkylation sites (N-methyl/N-ethyl adjacent to an activating group) is 1. The van der Waals surface area contributed by atoms with Gasteiger partial charge in [0.15, 0.2) is 11.5 Å². The van der Waals surface area contributed by atoms with Crippen LogP contribution < -0.4 is 19.5 Å². The number of benzene rings is 2. The van der Waals surface area contributed by atoms with Crippen LogP contribution in [0.1, 0.15) is 24.5 Å². The molecule has 0 aliphatic rings. The van der Waals surface area contributed by atoms with Crippen molar-refractivity contribution in [3.8, 4) is 17.2 Å². The summed E-state index contributed by atoms with van der Waals surface area (Å²) in [6, 6.07) is 12.5. The van der Waals surface area contributed by atoms with Crippen molar-refractivity contribution < 1.29 is 23.8 Å². The second-order valence-electron chi connectivity index (χ2n) is 6.85. The van der Waals surface area contributed by atoms with Crippen LogP contribution in [0.2, 0.25) is 0 Å². The van der Waals surface area contributed by atoms with Crippen LogP contribution in [0.3, 0.4) is 0 Å². The van der Waals surface area contributed by atoms with Gasteiger partial charge in [-0.2, -0.15) is 0 Å². The van der Waals surface area contributed by atoms with Gasteiger partial charge >= 0.3 is 0 Å². The average molecular weight is 415 g/mol. The molecule has 0 saturated heterocycles. The number of carbonyl (C=O) groups excluding carboxylic acids is 2. The van der Waals surface area contributed by atoms with Crippen LogP contribution in [0.4, 0.5) is 0 Å². The SMILES string of the molecule is CNC(=O)[C@H](C)N(Cc1ccc(OC)cc1)C(=O)CCc1ccc(OC)c(OC)c1. The monoisotopic (exact) mass is 414 g/mol. The van der Waals surface area contributed by atoms with Crippen LogP contribution in [0.5, 0.6) is 17.2 Å². The van der Waals surface area contributed by atoms with Gasteiger partial charge in [0.05, 0.1) is 21.3 Å². The maximum absolute atomic E-state index is 13.0. The summed E-state index contributed by atoms with van der Waals surface area (Å²) in [4.78, 5) is 26.9. The van der Waals surface area contributed by atoms with E-state index in [0.717, 1.165) is 16.9 Å². The molecular weight excluding hydrogens is 384 g/mol. The third-order valence-electron chi connectivity index (χ3n) is 5.00. The zero-order valence-corrected chi connectivity index (χ0v) is 18.2. The van der Waals surface area contributed by atoms with Gasteiger partial charge < -0.3 is 24.4 Å². The van der Waals surface area contributed by atoms with Gasteiger partial charge in [-0.05, 0) is 48.7 Å². The molecule has 0 aromatic heterocycles. The normalized spacial score (nSPS) is 11.4. The summed E-state index contributed by atoms with van der Waals surface area (Å²) >= 11 is 0. The van der Waals surface area contributed by atoms with E-state index in [4.69, 9.17) is 14.2 Å². The lowest BCUT2D eigenvalue weighted by molar-refractivity contribution is -0.140. The summed E-state index contributed by atoms with van der Waals surface area (Å²) < 4.78 is 15.8. The van der Waals surface area contributed by atoms with Crippen LogP contribution in [0.25, 0.3) is 0 Å². The van der Waals surface area contributed by atoms with Crippen molar-refractivity contribution in [2.45, 2.75) is 32.4 Å². The zero-order valence-electron chi connectivity index (χ0n) is 18.2. The van der Waals surface area contributed by atoms with E-state index in [-0.39, 0.29) is 18.2 Å². The third-order valence-corrected chi connectivity index (χ3v) is 5.00. The first-order valence-electron chi connectivity index (χ1n) is 9.78. The first-order valence-corrected chi connectivity index (χ1v) is 9.78. The average Bonchev–Trinajstić information content (AvgIpc) is 2.79. The van der Waals surface area contributed by atoms with Crippen molar-refractivity contribution in [1.82, 2.24) is 10.2 Å². The number of nitrogens with one attached hydrogen (secondary N) is 1. The third kappa shape index (κ3) is 5.89. The largest absolute Gasteiger partial charge is 0.497 e. The molecule has 2 aromatic rings. The molecule has 1 atom stereocenters. The molecule has 2 aromatic carbocycles. The highest BCUT2D eigenvalue weighted by molar-refractivity contribution is 5.87. The molecule has 7 nitrogen and oxygen atoms in total. The Kier molecular flexibility index (Phi) is 8.53. The molecule has 0 fully saturated rings. The Hall–Kier alpha value is -3.22. The first kappa shape index (κ1) is 23.1. The predicted octanol–water partition coefficient (Wildman–Crippen LogP) is 2.81. The quantitative estimate of drug-likeness (QED) is 0.647. The predicted molar refractivity (Wildman–Crippen MR) is 115 cm³/mol. The molecule has 0 aliphatic carbocycles. The fourth-order valence-corrected chi connectivity index (χ4v) is 3.15. The van der Waals surface area contributed by atoms with Gasteiger partial charge in [-0.25, -0.2) is 0 Å². The van der Waals surface area contributed by atoms with Gasteiger partial charge in [-0.1, -0.05) is 18.2 Å². The molecule has 2 rings (SSSR count). The number of nitrogens with zero attached hydrogens (tertiary/aromatic N) is 1. The van der Waals surface area contributed by atoms with Crippen molar-refractivity contribution >= 4 is 11.8 Å². The second kappa shape index (κ2) is 11.1. The molecule has 0 saturated carbocycles. The number of aryl methyl sites for hydroxylation is 1. The van der Waals surface area contributed by atoms with Crippen LogP contribution in [0.15, 0.2) is 42.5 Å². The van der Waals surface area contributed by atoms with Gasteiger partial charge in [0.1, 0.15) is 11.8 Å². The standard InChI is InChI=1S/C23H30N2O5/c1-16(23(27)24-2)25(15-18-6-10-19(28-3)11-7-18)22(26)13-9-17-8-12-20(29-4)21(14-17)30-5/h6-8,10-12,14,16H,9,13,15H2,1-5H3,(H,24,27)/t16-/m0/s1. The van der Waals surface area contributed by atoms with Gasteiger partial charge in [0, 0.05) is 20.0 Å². The number of carbonyl (C=O) groups is 2. The Labute approximate surface area is 177 Å². The van der Waals surface area contributed by atoms with E-state index in [1.165, 1.54) is 0 Å². The van der Waals surface area contributed by atoms with Crippen molar-refractivity contribution in [2.24, 2.45) is 0 Å². The van der Waals surface area contributed by atoms with Crippen LogP contribution >= 0.6 is 0 Å². The minimum Gasteiger partial charge on any atom is -0.497 e. The molecule has 0 spiro atoms. The van der Waals surface area contributed by atoms with E-state index in [1.54, 1.807) is 40.2 Å². The van der Waals surface area contributed by atoms with E-state index >= 15 is 0 Å². The fraction of sp³-hybridized carbons (Fsp3) is 0.391. The lowest BCUT2D eigenvalue weighted by Crippen LogP contribution is -2.46. The van der Waals surface area contributed by atoms with E-state index in [0.29, 0.717) is 24.5 Å². The van der Waals surface area contributed by atoms with Crippen molar-refractivity contribution in [3.05, 3.63) is 53.6 Å². The smallest absolute Gasteiger partial charge is 0.242 e. The van der Waals surface area contributed by atoms with Crippen molar-refractivity contribution in [1.29, 1.82) is 0 Å². The summed E-state index contributed by atoms with van der Waals surface area (Å²) in [6.07, 6.45) is 0.797. The molecule has 2 amide bonds. The number of hydrogen-bond donors (Lipinski definition) is 1. The number of ether oxygens (including phenoxy) is 3. The molecule has 0 radical (unpaired) electrons. The molecular formula is C23H30N2O5. The van der Waals surface area contributed by atoms with Gasteiger partial charge in [-0.3, -0.25) is 9.59 Å². The van der Waals surface area contributed by atoms with Crippen LogP contribution in [-0.2, 0) is 22.6 Å². The number of rotatable bonds is 10. The highest BCUT2D eigenvalue weighted by Gasteiger charge is 2.25. The minimum absolute atomic E-state index is 0.100. The number of hydrogen-bond acceptors (Lipinski definition) is 5. The Morgan fingerprint density at radius 2 is 1.57 bits per heavy atom. The Balaban J connectivity index is 2.14. The molecule has 0 bridgehead atoms. The van der Waals surface area contributed by atoms with E-state index in [9.17, 15) is 9.59 Å². The Morgan fingerprint density at radius 1 is 0.933 bits per heavy atom. The maximum atomic E-state index is 13.0. The molecule has 30 heavy (non-hydrogen) atoms. The molecule has 0 unspecified atom stereocenters. The van der Waals surface area contributed by atoms with Crippen molar-refractivity contribution in [2.75, 3.05) is 28.4 Å². The van der Waals surface area contributed by atoms with E-state index in [2.05, 4.69) is 5.32 Å². The molecule has 7 heteroatoms.